The minimum absolute atomic E-state index is 0.252. The molecule has 0 radical (unpaired) electrons. The van der Waals surface area contributed by atoms with Gasteiger partial charge in [-0.15, -0.1) is 0 Å². The van der Waals surface area contributed by atoms with Crippen molar-refractivity contribution in [1.82, 2.24) is 28.9 Å². The Kier molecular flexibility index (Phi) is 7.98. The van der Waals surface area contributed by atoms with Crippen LogP contribution >= 0.6 is 11.6 Å². The topological polar surface area (TPSA) is 124 Å². The molecule has 2 amide bonds. The van der Waals surface area contributed by atoms with Gasteiger partial charge in [-0.3, -0.25) is 14.5 Å². The van der Waals surface area contributed by atoms with Crippen molar-refractivity contribution in [3.8, 4) is 17.2 Å². The molecule has 0 bridgehead atoms. The van der Waals surface area contributed by atoms with E-state index < -0.39 is 5.91 Å². The maximum absolute atomic E-state index is 13.4. The second-order valence-electron chi connectivity index (χ2n) is 11.3. The van der Waals surface area contributed by atoms with E-state index in [2.05, 4.69) is 43.4 Å². The second-order valence-corrected chi connectivity index (χ2v) is 11.7. The molecule has 0 spiro atoms. The standard InChI is InChI=1S/C32H34ClN9O2/c1-5-42-15-13-27-25(18-42)36-30(41(27)4)32(44)38-23-11-7-9-20(28(23)33)19-8-6-10-22(21(19)16-34)37-31(43)29-35-24-17-39(2)14-12-26(24)40(29)3/h6-11H,5,12-15,17-18H2,1-4H3,(H,37,43)(H,38,44). The van der Waals surface area contributed by atoms with Gasteiger partial charge in [0.25, 0.3) is 11.8 Å². The van der Waals surface area contributed by atoms with E-state index >= 15 is 0 Å². The van der Waals surface area contributed by atoms with Gasteiger partial charge >= 0.3 is 0 Å². The molecule has 0 unspecified atom stereocenters. The fraction of sp³-hybridized carbons (Fsp3) is 0.344. The summed E-state index contributed by atoms with van der Waals surface area (Å²) in [5.41, 5.74) is 5.98. The zero-order valence-corrected chi connectivity index (χ0v) is 26.0. The van der Waals surface area contributed by atoms with Crippen molar-refractivity contribution >= 4 is 34.8 Å². The highest BCUT2D eigenvalue weighted by Crippen LogP contribution is 2.38. The van der Waals surface area contributed by atoms with Crippen molar-refractivity contribution in [2.24, 2.45) is 14.1 Å². The highest BCUT2D eigenvalue weighted by molar-refractivity contribution is 6.36. The zero-order valence-electron chi connectivity index (χ0n) is 25.2. The number of rotatable bonds is 6. The minimum Gasteiger partial charge on any atom is -0.327 e. The number of likely N-dealkylation sites (N-methyl/N-ethyl adjacent to an activating group) is 2. The average molecular weight is 612 g/mol. The summed E-state index contributed by atoms with van der Waals surface area (Å²) in [6, 6.07) is 12.7. The van der Waals surface area contributed by atoms with Gasteiger partial charge in [0.1, 0.15) is 6.07 Å². The third kappa shape index (κ3) is 5.26. The molecule has 6 rings (SSSR count). The molecule has 2 aromatic heterocycles. The van der Waals surface area contributed by atoms with Crippen molar-refractivity contribution < 1.29 is 9.59 Å². The smallest absolute Gasteiger partial charge is 0.291 e. The Hall–Kier alpha value is -4.50. The summed E-state index contributed by atoms with van der Waals surface area (Å²) in [5, 5.41) is 16.3. The van der Waals surface area contributed by atoms with E-state index in [0.29, 0.717) is 47.2 Å². The van der Waals surface area contributed by atoms with Crippen LogP contribution < -0.4 is 10.6 Å². The van der Waals surface area contributed by atoms with E-state index in [1.165, 1.54) is 0 Å². The number of carbonyl (C=O) groups is 2. The van der Waals surface area contributed by atoms with Crippen molar-refractivity contribution in [2.75, 3.05) is 37.3 Å². The van der Waals surface area contributed by atoms with Crippen molar-refractivity contribution in [1.29, 1.82) is 5.26 Å². The first-order valence-electron chi connectivity index (χ1n) is 14.6. The Morgan fingerprint density at radius 2 is 1.43 bits per heavy atom. The quantitative estimate of drug-likeness (QED) is 0.335. The van der Waals surface area contributed by atoms with Crippen LogP contribution in [0.25, 0.3) is 11.1 Å². The molecule has 2 aromatic carbocycles. The van der Waals surface area contributed by atoms with Gasteiger partial charge in [-0.05, 0) is 25.7 Å². The van der Waals surface area contributed by atoms with Crippen LogP contribution in [0.15, 0.2) is 36.4 Å². The molecular formula is C32H34ClN9O2. The third-order valence-corrected chi connectivity index (χ3v) is 9.00. The van der Waals surface area contributed by atoms with Crippen molar-refractivity contribution in [3.05, 3.63) is 81.4 Å². The predicted molar refractivity (Wildman–Crippen MR) is 169 cm³/mol. The van der Waals surface area contributed by atoms with Gasteiger partial charge in [0, 0.05) is 75.6 Å². The zero-order chi connectivity index (χ0) is 31.1. The molecule has 4 heterocycles. The lowest BCUT2D eigenvalue weighted by atomic mass is 9.98. The lowest BCUT2D eigenvalue weighted by Gasteiger charge is -2.24. The van der Waals surface area contributed by atoms with Crippen LogP contribution in [-0.2, 0) is 40.0 Å². The largest absolute Gasteiger partial charge is 0.327 e. The lowest BCUT2D eigenvalue weighted by molar-refractivity contribution is 0.100. The van der Waals surface area contributed by atoms with E-state index in [9.17, 15) is 14.9 Å². The van der Waals surface area contributed by atoms with Crippen LogP contribution in [0, 0.1) is 11.3 Å². The van der Waals surface area contributed by atoms with Gasteiger partial charge in [-0.25, -0.2) is 9.97 Å². The Morgan fingerprint density at radius 1 is 0.864 bits per heavy atom. The summed E-state index contributed by atoms with van der Waals surface area (Å²) in [4.78, 5) is 40.5. The maximum atomic E-state index is 13.4. The molecule has 0 atom stereocenters. The van der Waals surface area contributed by atoms with Gasteiger partial charge in [-0.1, -0.05) is 42.8 Å². The fourth-order valence-corrected chi connectivity index (χ4v) is 6.39. The van der Waals surface area contributed by atoms with Crippen LogP contribution in [-0.4, -0.2) is 67.4 Å². The highest BCUT2D eigenvalue weighted by atomic mass is 35.5. The molecule has 11 nitrogen and oxygen atoms in total. The second kappa shape index (κ2) is 11.9. The Balaban J connectivity index is 1.27. The minimum atomic E-state index is -0.398. The van der Waals surface area contributed by atoms with Crippen LogP contribution in [0.4, 0.5) is 11.4 Å². The number of benzene rings is 2. The number of imidazole rings is 2. The summed E-state index contributed by atoms with van der Waals surface area (Å²) in [5.74, 6) is -0.153. The maximum Gasteiger partial charge on any atom is 0.291 e. The predicted octanol–water partition coefficient (Wildman–Crippen LogP) is 4.22. The average Bonchev–Trinajstić information content (AvgIpc) is 3.53. The summed E-state index contributed by atoms with van der Waals surface area (Å²) in [6.45, 7) is 6.27. The Labute approximate surface area is 261 Å². The first-order valence-corrected chi connectivity index (χ1v) is 15.0. The fourth-order valence-electron chi connectivity index (χ4n) is 6.11. The number of aromatic nitrogens is 4. The molecule has 0 aliphatic carbocycles. The number of nitrogens with zero attached hydrogens (tertiary/aromatic N) is 7. The molecule has 44 heavy (non-hydrogen) atoms. The number of nitriles is 1. The number of nitrogens with one attached hydrogen (secondary N) is 2. The number of hydrogen-bond acceptors (Lipinski definition) is 7. The Bertz CT molecular complexity index is 1830. The van der Waals surface area contributed by atoms with E-state index in [1.807, 2.05) is 30.3 Å². The Morgan fingerprint density at radius 3 is 2.07 bits per heavy atom. The number of fused-ring (bicyclic) bond motifs is 2. The molecular weight excluding hydrogens is 578 g/mol. The third-order valence-electron chi connectivity index (χ3n) is 8.60. The van der Waals surface area contributed by atoms with Gasteiger partial charge in [-0.2, -0.15) is 5.26 Å². The molecule has 2 N–H and O–H groups in total. The molecule has 2 aliphatic rings. The lowest BCUT2D eigenvalue weighted by Crippen LogP contribution is -2.30. The molecule has 0 fully saturated rings. The van der Waals surface area contributed by atoms with Crippen LogP contribution in [0.2, 0.25) is 5.02 Å². The van der Waals surface area contributed by atoms with Gasteiger partial charge < -0.3 is 24.7 Å². The number of anilines is 2. The monoisotopic (exact) mass is 611 g/mol. The van der Waals surface area contributed by atoms with Gasteiger partial charge in [0.2, 0.25) is 0 Å². The molecule has 4 aromatic rings. The normalized spacial score (nSPS) is 14.9. The summed E-state index contributed by atoms with van der Waals surface area (Å²) in [7, 11) is 5.73. The van der Waals surface area contributed by atoms with E-state index in [1.54, 1.807) is 36.4 Å². The molecule has 2 aliphatic heterocycles. The van der Waals surface area contributed by atoms with E-state index in [0.717, 1.165) is 55.3 Å². The SMILES string of the molecule is CCN1CCc2c(nc(C(=O)Nc3cccc(-c4cccc(NC(=O)c5nc6c(n5C)CCN(C)C6)c4C#N)c3Cl)n2C)C1. The molecule has 0 saturated heterocycles. The number of halogens is 1. The molecule has 226 valence electrons. The summed E-state index contributed by atoms with van der Waals surface area (Å²) < 4.78 is 3.68. The summed E-state index contributed by atoms with van der Waals surface area (Å²) >= 11 is 6.86. The first-order chi connectivity index (χ1) is 21.2. The van der Waals surface area contributed by atoms with Crippen LogP contribution in [0.3, 0.4) is 0 Å². The van der Waals surface area contributed by atoms with Crippen molar-refractivity contribution in [3.63, 3.8) is 0 Å². The van der Waals surface area contributed by atoms with E-state index in [-0.39, 0.29) is 16.5 Å². The van der Waals surface area contributed by atoms with Crippen molar-refractivity contribution in [2.45, 2.75) is 32.9 Å². The van der Waals surface area contributed by atoms with Crippen LogP contribution in [0.1, 0.15) is 56.5 Å². The van der Waals surface area contributed by atoms with Gasteiger partial charge in [0.15, 0.2) is 11.6 Å². The highest BCUT2D eigenvalue weighted by Gasteiger charge is 2.27. The summed E-state index contributed by atoms with van der Waals surface area (Å²) in [6.07, 6.45) is 1.65. The molecule has 0 saturated carbocycles. The molecule has 12 heteroatoms. The first kappa shape index (κ1) is 29.6. The van der Waals surface area contributed by atoms with Gasteiger partial charge in [0.05, 0.1) is 33.3 Å². The number of carbonyl (C=O) groups excluding carboxylic acids is 2. The number of amides is 2. The van der Waals surface area contributed by atoms with Crippen LogP contribution in [0.5, 0.6) is 0 Å². The number of hydrogen-bond donors (Lipinski definition) is 2. The van der Waals surface area contributed by atoms with E-state index in [4.69, 9.17) is 11.6 Å².